The summed E-state index contributed by atoms with van der Waals surface area (Å²) in [7, 11) is -2.82. The zero-order valence-electron chi connectivity index (χ0n) is 10.2. The van der Waals surface area contributed by atoms with E-state index >= 15 is 0 Å². The Labute approximate surface area is 107 Å². The number of benzene rings is 1. The van der Waals surface area contributed by atoms with Gasteiger partial charge in [0.1, 0.15) is 5.75 Å². The predicted molar refractivity (Wildman–Crippen MR) is 69.4 cm³/mol. The van der Waals surface area contributed by atoms with Crippen molar-refractivity contribution < 1.29 is 13.5 Å². The molecule has 1 unspecified atom stereocenters. The molecule has 18 heavy (non-hydrogen) atoms. The molecule has 2 aliphatic rings. The maximum absolute atomic E-state index is 11.4. The van der Waals surface area contributed by atoms with Gasteiger partial charge in [-0.1, -0.05) is 12.1 Å². The van der Waals surface area contributed by atoms with Crippen LogP contribution >= 0.6 is 0 Å². The van der Waals surface area contributed by atoms with Gasteiger partial charge in [-0.2, -0.15) is 0 Å². The molecule has 1 aromatic carbocycles. The summed E-state index contributed by atoms with van der Waals surface area (Å²) in [6, 6.07) is 5.92. The molecular weight excluding hydrogens is 250 g/mol. The molecule has 0 amide bonds. The molecule has 1 fully saturated rings. The van der Waals surface area contributed by atoms with Gasteiger partial charge in [0.2, 0.25) is 0 Å². The van der Waals surface area contributed by atoms with E-state index in [0.29, 0.717) is 18.8 Å². The van der Waals surface area contributed by atoms with Gasteiger partial charge in [-0.05, 0) is 30.0 Å². The molecule has 98 valence electrons. The van der Waals surface area contributed by atoms with Gasteiger partial charge >= 0.3 is 0 Å². The lowest BCUT2D eigenvalue weighted by Crippen LogP contribution is -2.41. The van der Waals surface area contributed by atoms with E-state index in [9.17, 15) is 13.5 Å². The van der Waals surface area contributed by atoms with E-state index < -0.39 is 9.84 Å². The minimum atomic E-state index is -2.82. The van der Waals surface area contributed by atoms with Crippen molar-refractivity contribution in [1.29, 1.82) is 0 Å². The fourth-order valence-corrected chi connectivity index (χ4v) is 4.26. The first kappa shape index (κ1) is 12.0. The van der Waals surface area contributed by atoms with Crippen LogP contribution in [0.15, 0.2) is 18.2 Å². The summed E-state index contributed by atoms with van der Waals surface area (Å²) in [4.78, 5) is 2.24. The minimum Gasteiger partial charge on any atom is -0.508 e. The Morgan fingerprint density at radius 3 is 2.67 bits per heavy atom. The van der Waals surface area contributed by atoms with Crippen LogP contribution in [-0.2, 0) is 16.3 Å². The highest BCUT2D eigenvalue weighted by Crippen LogP contribution is 2.40. The SMILES string of the molecule is O=S1(=O)CCN(C2CCc3c(O)cccc32)CC1. The van der Waals surface area contributed by atoms with Gasteiger partial charge in [-0.25, -0.2) is 8.42 Å². The first-order valence-corrected chi connectivity index (χ1v) is 8.14. The van der Waals surface area contributed by atoms with Crippen LogP contribution in [0.4, 0.5) is 0 Å². The third-order valence-corrected chi connectivity index (χ3v) is 5.64. The number of hydrogen-bond donors (Lipinski definition) is 1. The number of rotatable bonds is 1. The lowest BCUT2D eigenvalue weighted by molar-refractivity contribution is 0.213. The summed E-state index contributed by atoms with van der Waals surface area (Å²) in [5.74, 6) is 0.898. The Hall–Kier alpha value is -1.07. The molecule has 0 spiro atoms. The second kappa shape index (κ2) is 4.24. The van der Waals surface area contributed by atoms with Crippen molar-refractivity contribution in [3.63, 3.8) is 0 Å². The number of aromatic hydroxyl groups is 1. The number of phenolic OH excluding ortho intramolecular Hbond substituents is 1. The van der Waals surface area contributed by atoms with Crippen molar-refractivity contribution in [2.45, 2.75) is 18.9 Å². The molecular formula is C13H17NO3S. The van der Waals surface area contributed by atoms with Crippen LogP contribution in [0.25, 0.3) is 0 Å². The van der Waals surface area contributed by atoms with Gasteiger partial charge in [0.05, 0.1) is 11.5 Å². The van der Waals surface area contributed by atoms with Crippen LogP contribution in [0.1, 0.15) is 23.6 Å². The van der Waals surface area contributed by atoms with Gasteiger partial charge in [-0.15, -0.1) is 0 Å². The Bertz CT molecular complexity index is 554. The second-order valence-corrected chi connectivity index (χ2v) is 7.39. The number of nitrogens with zero attached hydrogens (tertiary/aromatic N) is 1. The van der Waals surface area contributed by atoms with Crippen LogP contribution < -0.4 is 0 Å². The Kier molecular flexibility index (Phi) is 2.83. The van der Waals surface area contributed by atoms with Crippen molar-refractivity contribution in [1.82, 2.24) is 4.90 Å². The number of fused-ring (bicyclic) bond motifs is 1. The van der Waals surface area contributed by atoms with Gasteiger partial charge in [0, 0.05) is 19.1 Å². The van der Waals surface area contributed by atoms with Crippen LogP contribution in [0, 0.1) is 0 Å². The topological polar surface area (TPSA) is 57.6 Å². The summed E-state index contributed by atoms with van der Waals surface area (Å²) in [5, 5.41) is 9.82. The van der Waals surface area contributed by atoms with Crippen molar-refractivity contribution in [3.8, 4) is 5.75 Å². The molecule has 1 saturated heterocycles. The van der Waals surface area contributed by atoms with E-state index in [1.165, 1.54) is 5.56 Å². The monoisotopic (exact) mass is 267 g/mol. The fraction of sp³-hybridized carbons (Fsp3) is 0.538. The van der Waals surface area contributed by atoms with Gasteiger partial charge in [0.15, 0.2) is 9.84 Å². The molecule has 3 rings (SSSR count). The van der Waals surface area contributed by atoms with E-state index in [2.05, 4.69) is 11.0 Å². The maximum Gasteiger partial charge on any atom is 0.152 e. The zero-order valence-corrected chi connectivity index (χ0v) is 11.0. The van der Waals surface area contributed by atoms with Crippen LogP contribution in [-0.4, -0.2) is 43.0 Å². The highest BCUT2D eigenvalue weighted by Gasteiger charge is 2.32. The molecule has 1 aromatic rings. The Morgan fingerprint density at radius 1 is 1.22 bits per heavy atom. The van der Waals surface area contributed by atoms with Crippen molar-refractivity contribution in [3.05, 3.63) is 29.3 Å². The normalized spacial score (nSPS) is 27.0. The van der Waals surface area contributed by atoms with E-state index in [1.807, 2.05) is 6.07 Å². The molecule has 0 bridgehead atoms. The quantitative estimate of drug-likeness (QED) is 0.828. The summed E-state index contributed by atoms with van der Waals surface area (Å²) in [6.07, 6.45) is 1.86. The first-order valence-electron chi connectivity index (χ1n) is 6.32. The molecule has 1 aliphatic heterocycles. The highest BCUT2D eigenvalue weighted by molar-refractivity contribution is 7.91. The molecule has 1 heterocycles. The summed E-state index contributed by atoms with van der Waals surface area (Å²) in [5.41, 5.74) is 2.21. The predicted octanol–water partition coefficient (Wildman–Crippen LogP) is 1.11. The molecule has 5 heteroatoms. The Morgan fingerprint density at radius 2 is 1.94 bits per heavy atom. The van der Waals surface area contributed by atoms with Crippen molar-refractivity contribution in [2.24, 2.45) is 0 Å². The van der Waals surface area contributed by atoms with Gasteiger partial charge < -0.3 is 5.11 Å². The molecule has 0 aromatic heterocycles. The van der Waals surface area contributed by atoms with Gasteiger partial charge in [0.25, 0.3) is 0 Å². The first-order chi connectivity index (χ1) is 8.57. The second-order valence-electron chi connectivity index (χ2n) is 5.09. The molecule has 1 aliphatic carbocycles. The zero-order chi connectivity index (χ0) is 12.8. The fourth-order valence-electron chi connectivity index (χ4n) is 3.03. The lowest BCUT2D eigenvalue weighted by atomic mass is 10.1. The summed E-state index contributed by atoms with van der Waals surface area (Å²) >= 11 is 0. The molecule has 0 saturated carbocycles. The largest absolute Gasteiger partial charge is 0.508 e. The number of phenols is 1. The average molecular weight is 267 g/mol. The molecule has 0 radical (unpaired) electrons. The van der Waals surface area contributed by atoms with E-state index in [4.69, 9.17) is 0 Å². The molecule has 4 nitrogen and oxygen atoms in total. The lowest BCUT2D eigenvalue weighted by Gasteiger charge is -2.32. The summed E-state index contributed by atoms with van der Waals surface area (Å²) in [6.45, 7) is 1.23. The molecule has 1 N–H and O–H groups in total. The molecule has 1 atom stereocenters. The third kappa shape index (κ3) is 2.01. The summed E-state index contributed by atoms with van der Waals surface area (Å²) < 4.78 is 22.9. The van der Waals surface area contributed by atoms with E-state index in [1.54, 1.807) is 6.07 Å². The van der Waals surface area contributed by atoms with E-state index in [-0.39, 0.29) is 17.5 Å². The van der Waals surface area contributed by atoms with E-state index in [0.717, 1.165) is 18.4 Å². The third-order valence-electron chi connectivity index (χ3n) is 4.03. The van der Waals surface area contributed by atoms with Crippen molar-refractivity contribution in [2.75, 3.05) is 24.6 Å². The highest BCUT2D eigenvalue weighted by atomic mass is 32.2. The Balaban J connectivity index is 1.83. The van der Waals surface area contributed by atoms with Crippen molar-refractivity contribution >= 4 is 9.84 Å². The van der Waals surface area contributed by atoms with Crippen LogP contribution in [0.2, 0.25) is 0 Å². The smallest absolute Gasteiger partial charge is 0.152 e. The maximum atomic E-state index is 11.4. The van der Waals surface area contributed by atoms with Crippen LogP contribution in [0.3, 0.4) is 0 Å². The standard InChI is InChI=1S/C13H17NO3S/c15-13-3-1-2-10-11(13)4-5-12(10)14-6-8-18(16,17)9-7-14/h1-3,12,15H,4-9H2. The van der Waals surface area contributed by atoms with Gasteiger partial charge in [-0.3, -0.25) is 4.90 Å². The average Bonchev–Trinajstić information content (AvgIpc) is 2.74. The minimum absolute atomic E-state index is 0.262. The van der Waals surface area contributed by atoms with Crippen LogP contribution in [0.5, 0.6) is 5.75 Å². The number of hydrogen-bond acceptors (Lipinski definition) is 4. The number of sulfone groups is 1.